The Balaban J connectivity index is 2.79. The fourth-order valence-corrected chi connectivity index (χ4v) is 2.67. The van der Waals surface area contributed by atoms with Gasteiger partial charge >= 0.3 is 12.2 Å². The monoisotopic (exact) mass is 408 g/mol. The highest BCUT2D eigenvalue weighted by atomic mass is 16.6. The van der Waals surface area contributed by atoms with E-state index in [4.69, 9.17) is 9.47 Å². The first-order valence-corrected chi connectivity index (χ1v) is 9.97. The van der Waals surface area contributed by atoms with Gasteiger partial charge < -0.3 is 9.47 Å². The number of carbonyl (C=O) groups excluding carboxylic acids is 2. The molecule has 1 unspecified atom stereocenters. The first-order valence-electron chi connectivity index (χ1n) is 9.97. The van der Waals surface area contributed by atoms with Gasteiger partial charge in [-0.2, -0.15) is 0 Å². The maximum Gasteiger partial charge on any atom is 0.420 e. The number of benzene rings is 1. The summed E-state index contributed by atoms with van der Waals surface area (Å²) < 4.78 is 10.7. The number of amides is 2. The Labute approximate surface area is 172 Å². The van der Waals surface area contributed by atoms with Crippen LogP contribution >= 0.6 is 0 Å². The second-order valence-electron chi connectivity index (χ2n) is 8.03. The molecule has 0 bridgehead atoms. The summed E-state index contributed by atoms with van der Waals surface area (Å²) in [5, 5.41) is 10.7. The second kappa shape index (κ2) is 11.4. The number of rotatable bonds is 9. The predicted octanol–water partition coefficient (Wildman–Crippen LogP) is 5.83. The molecular formula is C21H32N2O6. The van der Waals surface area contributed by atoms with E-state index in [1.165, 1.54) is 24.3 Å². The number of hydrogen-bond donors (Lipinski definition) is 0. The minimum atomic E-state index is -0.791. The van der Waals surface area contributed by atoms with Crippen molar-refractivity contribution in [2.45, 2.75) is 85.0 Å². The zero-order chi connectivity index (χ0) is 22.0. The van der Waals surface area contributed by atoms with E-state index in [-0.39, 0.29) is 18.3 Å². The molecule has 0 saturated carbocycles. The van der Waals surface area contributed by atoms with Gasteiger partial charge in [0, 0.05) is 18.2 Å². The molecule has 0 aliphatic heterocycles. The van der Waals surface area contributed by atoms with Crippen molar-refractivity contribution < 1.29 is 24.0 Å². The summed E-state index contributed by atoms with van der Waals surface area (Å²) >= 11 is 0. The van der Waals surface area contributed by atoms with Crippen molar-refractivity contribution in [1.82, 2.24) is 4.90 Å². The Morgan fingerprint density at radius 2 is 1.72 bits per heavy atom. The van der Waals surface area contributed by atoms with Gasteiger partial charge in [0.05, 0.1) is 4.92 Å². The lowest BCUT2D eigenvalue weighted by atomic mass is 10.1. The van der Waals surface area contributed by atoms with Gasteiger partial charge in [0.1, 0.15) is 12.2 Å². The van der Waals surface area contributed by atoms with Gasteiger partial charge in [-0.1, -0.05) is 32.6 Å². The predicted molar refractivity (Wildman–Crippen MR) is 110 cm³/mol. The first kappa shape index (κ1) is 24.4. The maximum absolute atomic E-state index is 12.6. The number of unbranched alkanes of at least 4 members (excludes halogenated alkanes) is 3. The molecule has 8 heteroatoms. The van der Waals surface area contributed by atoms with Gasteiger partial charge in [0.15, 0.2) is 0 Å². The van der Waals surface area contributed by atoms with Crippen LogP contribution in [0.25, 0.3) is 0 Å². The van der Waals surface area contributed by atoms with Crippen molar-refractivity contribution in [2.75, 3.05) is 0 Å². The maximum atomic E-state index is 12.6. The topological polar surface area (TPSA) is 99.0 Å². The molecule has 0 heterocycles. The number of nitrogens with zero attached hydrogens (tertiary/aromatic N) is 2. The lowest BCUT2D eigenvalue weighted by Crippen LogP contribution is -2.46. The van der Waals surface area contributed by atoms with Crippen molar-refractivity contribution in [3.8, 4) is 0 Å². The minimum Gasteiger partial charge on any atom is -0.444 e. The molecule has 8 nitrogen and oxygen atoms in total. The third-order valence-electron chi connectivity index (χ3n) is 4.21. The van der Waals surface area contributed by atoms with E-state index < -0.39 is 22.7 Å². The number of nitro groups is 1. The van der Waals surface area contributed by atoms with Gasteiger partial charge in [0.25, 0.3) is 5.69 Å². The van der Waals surface area contributed by atoms with Gasteiger partial charge in [-0.15, -0.1) is 0 Å². The molecule has 1 atom stereocenters. The van der Waals surface area contributed by atoms with Gasteiger partial charge in [-0.25, -0.2) is 14.5 Å². The van der Waals surface area contributed by atoms with E-state index in [2.05, 4.69) is 6.92 Å². The highest BCUT2D eigenvalue weighted by Crippen LogP contribution is 2.18. The van der Waals surface area contributed by atoms with Crippen molar-refractivity contribution in [3.05, 3.63) is 39.9 Å². The highest BCUT2D eigenvalue weighted by Gasteiger charge is 2.32. The number of nitro benzene ring substituents is 1. The average molecular weight is 408 g/mol. The molecule has 2 amide bonds. The normalized spacial score (nSPS) is 12.2. The molecular weight excluding hydrogens is 376 g/mol. The third-order valence-corrected chi connectivity index (χ3v) is 4.21. The van der Waals surface area contributed by atoms with Gasteiger partial charge in [-0.3, -0.25) is 10.1 Å². The number of imide groups is 1. The number of carbonyl (C=O) groups is 2. The van der Waals surface area contributed by atoms with Crippen LogP contribution in [-0.4, -0.2) is 33.7 Å². The molecule has 0 saturated heterocycles. The molecule has 0 spiro atoms. The lowest BCUT2D eigenvalue weighted by Gasteiger charge is -2.29. The van der Waals surface area contributed by atoms with Crippen LogP contribution in [-0.2, 0) is 16.1 Å². The SMILES string of the molecule is CCCCCCC(C)N(C(=O)OCc1ccc([N+](=O)[O-])cc1)C(=O)OC(C)(C)C. The van der Waals surface area contributed by atoms with Gasteiger partial charge in [-0.05, 0) is 51.8 Å². The molecule has 162 valence electrons. The molecule has 0 aliphatic rings. The second-order valence-corrected chi connectivity index (χ2v) is 8.03. The zero-order valence-corrected chi connectivity index (χ0v) is 18.0. The first-order chi connectivity index (χ1) is 13.5. The molecule has 1 aromatic rings. The molecule has 1 aromatic carbocycles. The van der Waals surface area contributed by atoms with E-state index in [1.54, 1.807) is 27.7 Å². The lowest BCUT2D eigenvalue weighted by molar-refractivity contribution is -0.384. The molecule has 0 aromatic heterocycles. The summed E-state index contributed by atoms with van der Waals surface area (Å²) in [5.74, 6) is 0. The number of non-ortho nitro benzene ring substituents is 1. The summed E-state index contributed by atoms with van der Waals surface area (Å²) in [6.45, 7) is 9.01. The Morgan fingerprint density at radius 1 is 1.10 bits per heavy atom. The summed E-state index contributed by atoms with van der Waals surface area (Å²) in [6.07, 6.45) is 3.25. The standard InChI is InChI=1S/C21H32N2O6/c1-6-7-8-9-10-16(2)22(20(25)29-21(3,4)5)19(24)28-15-17-11-13-18(14-12-17)23(26)27/h11-14,16H,6-10,15H2,1-5H3. The van der Waals surface area contributed by atoms with Crippen LogP contribution in [0.5, 0.6) is 0 Å². The fourth-order valence-electron chi connectivity index (χ4n) is 2.67. The van der Waals surface area contributed by atoms with Crippen LogP contribution in [0.3, 0.4) is 0 Å². The zero-order valence-electron chi connectivity index (χ0n) is 18.0. The molecule has 0 aliphatic carbocycles. The smallest absolute Gasteiger partial charge is 0.420 e. The molecule has 0 N–H and O–H groups in total. The van der Waals surface area contributed by atoms with E-state index >= 15 is 0 Å². The fraction of sp³-hybridized carbons (Fsp3) is 0.619. The average Bonchev–Trinajstić information content (AvgIpc) is 2.62. The third kappa shape index (κ3) is 8.93. The Morgan fingerprint density at radius 3 is 2.24 bits per heavy atom. The molecule has 1 rings (SSSR count). The van der Waals surface area contributed by atoms with Crippen LogP contribution in [0.1, 0.15) is 72.3 Å². The summed E-state index contributed by atoms with van der Waals surface area (Å²) in [7, 11) is 0. The van der Waals surface area contributed by atoms with E-state index in [0.717, 1.165) is 30.6 Å². The largest absolute Gasteiger partial charge is 0.444 e. The van der Waals surface area contributed by atoms with E-state index in [1.807, 2.05) is 0 Å². The summed E-state index contributed by atoms with van der Waals surface area (Å²) in [6, 6.07) is 5.33. The van der Waals surface area contributed by atoms with E-state index in [0.29, 0.717) is 12.0 Å². The number of hydrogen-bond acceptors (Lipinski definition) is 6. The van der Waals surface area contributed by atoms with Crippen LogP contribution < -0.4 is 0 Å². The minimum absolute atomic E-state index is 0.0452. The molecule has 0 fully saturated rings. The quantitative estimate of drug-likeness (QED) is 0.290. The molecule has 29 heavy (non-hydrogen) atoms. The van der Waals surface area contributed by atoms with Crippen molar-refractivity contribution >= 4 is 17.9 Å². The van der Waals surface area contributed by atoms with E-state index in [9.17, 15) is 19.7 Å². The van der Waals surface area contributed by atoms with Crippen LogP contribution in [0.4, 0.5) is 15.3 Å². The van der Waals surface area contributed by atoms with Crippen molar-refractivity contribution in [1.29, 1.82) is 0 Å². The summed E-state index contributed by atoms with van der Waals surface area (Å²) in [5.41, 5.74) is -0.199. The Kier molecular flexibility index (Phi) is 9.58. The van der Waals surface area contributed by atoms with Crippen molar-refractivity contribution in [3.63, 3.8) is 0 Å². The molecule has 0 radical (unpaired) electrons. The Bertz CT molecular complexity index is 681. The van der Waals surface area contributed by atoms with Crippen LogP contribution in [0.15, 0.2) is 24.3 Å². The Hall–Kier alpha value is -2.64. The van der Waals surface area contributed by atoms with Crippen LogP contribution in [0.2, 0.25) is 0 Å². The van der Waals surface area contributed by atoms with Gasteiger partial charge in [0.2, 0.25) is 0 Å². The highest BCUT2D eigenvalue weighted by molar-refractivity contribution is 5.88. The number of ether oxygens (including phenoxy) is 2. The summed E-state index contributed by atoms with van der Waals surface area (Å²) in [4.78, 5) is 36.5. The van der Waals surface area contributed by atoms with Crippen molar-refractivity contribution in [2.24, 2.45) is 0 Å². The van der Waals surface area contributed by atoms with Crippen LogP contribution in [0, 0.1) is 10.1 Å².